The van der Waals surface area contributed by atoms with Crippen molar-refractivity contribution < 1.29 is 27.5 Å². The van der Waals surface area contributed by atoms with E-state index in [4.69, 9.17) is 4.74 Å². The van der Waals surface area contributed by atoms with E-state index in [1.165, 1.54) is 26.4 Å². The summed E-state index contributed by atoms with van der Waals surface area (Å²) in [6, 6.07) is 31.6. The summed E-state index contributed by atoms with van der Waals surface area (Å²) in [6.45, 7) is 5.51. The number of amides is 3. The van der Waals surface area contributed by atoms with E-state index < -0.39 is 27.6 Å². The summed E-state index contributed by atoms with van der Waals surface area (Å²) in [7, 11) is -3.90. The van der Waals surface area contributed by atoms with Gasteiger partial charge in [0.2, 0.25) is 0 Å². The zero-order valence-corrected chi connectivity index (χ0v) is 29.7. The van der Waals surface area contributed by atoms with Crippen LogP contribution >= 0.6 is 11.3 Å². The van der Waals surface area contributed by atoms with E-state index in [9.17, 15) is 22.8 Å². The number of nitrogens with zero attached hydrogens (tertiary/aromatic N) is 4. The highest BCUT2D eigenvalue weighted by atomic mass is 32.2. The first kappa shape index (κ1) is 33.9. The first-order valence-electron chi connectivity index (χ1n) is 16.3. The van der Waals surface area contributed by atoms with E-state index >= 15 is 0 Å². The largest absolute Gasteiger partial charge is 0.443 e. The number of benzene rings is 3. The van der Waals surface area contributed by atoms with Gasteiger partial charge in [-0.05, 0) is 74.9 Å². The predicted octanol–water partition coefficient (Wildman–Crippen LogP) is 7.82. The zero-order valence-electron chi connectivity index (χ0n) is 28.1. The highest BCUT2D eigenvalue weighted by molar-refractivity contribution is 7.90. The van der Waals surface area contributed by atoms with E-state index in [-0.39, 0.29) is 35.4 Å². The van der Waals surface area contributed by atoms with Crippen LogP contribution in [0.2, 0.25) is 0 Å². The van der Waals surface area contributed by atoms with Crippen LogP contribution in [0.25, 0.3) is 21.5 Å². The van der Waals surface area contributed by atoms with Crippen LogP contribution in [0.5, 0.6) is 0 Å². The van der Waals surface area contributed by atoms with Gasteiger partial charge in [-0.15, -0.1) is 11.3 Å². The number of thiophene rings is 1. The van der Waals surface area contributed by atoms with E-state index in [1.54, 1.807) is 92.5 Å². The van der Waals surface area contributed by atoms with Crippen molar-refractivity contribution in [2.75, 3.05) is 18.0 Å². The highest BCUT2D eigenvalue weighted by Gasteiger charge is 2.38. The second kappa shape index (κ2) is 13.3. The quantitative estimate of drug-likeness (QED) is 0.140. The van der Waals surface area contributed by atoms with Gasteiger partial charge in [-0.3, -0.25) is 19.4 Å². The molecule has 12 heteroatoms. The molecule has 3 amide bonds. The number of carbonyl (C=O) groups is 3. The molecule has 0 saturated heterocycles. The van der Waals surface area contributed by atoms with Gasteiger partial charge in [0.15, 0.2) is 5.65 Å². The van der Waals surface area contributed by atoms with Gasteiger partial charge in [0, 0.05) is 47.2 Å². The molecule has 7 rings (SSSR count). The molecule has 1 atom stereocenters. The molecule has 0 saturated carbocycles. The molecule has 1 aliphatic heterocycles. The molecule has 0 bridgehead atoms. The number of pyridine rings is 1. The molecule has 0 aliphatic carbocycles. The number of carbonyl (C=O) groups excluding carboxylic acids is 3. The van der Waals surface area contributed by atoms with Crippen LogP contribution in [0.1, 0.15) is 53.0 Å². The lowest BCUT2D eigenvalue weighted by Crippen LogP contribution is -2.42. The molecule has 0 spiro atoms. The number of ether oxygens (including phenoxy) is 1. The Balaban J connectivity index is 1.25. The number of hydrogen-bond donors (Lipinski definition) is 0. The smallest absolute Gasteiger partial charge is 0.415 e. The van der Waals surface area contributed by atoms with Gasteiger partial charge < -0.3 is 4.74 Å². The van der Waals surface area contributed by atoms with Crippen molar-refractivity contribution in [2.45, 2.75) is 37.2 Å². The Hall–Kier alpha value is -5.59. The molecule has 3 aromatic heterocycles. The minimum atomic E-state index is -3.90. The van der Waals surface area contributed by atoms with E-state index in [1.807, 2.05) is 48.5 Å². The summed E-state index contributed by atoms with van der Waals surface area (Å²) in [5, 5.41) is 1.20. The summed E-state index contributed by atoms with van der Waals surface area (Å²) in [5.41, 5.74) is 1.78. The van der Waals surface area contributed by atoms with Gasteiger partial charge in [0.25, 0.3) is 21.8 Å². The molecule has 10 nitrogen and oxygen atoms in total. The van der Waals surface area contributed by atoms with Crippen LogP contribution in [0.15, 0.2) is 126 Å². The fraction of sp³-hybridized carbons (Fsp3) is 0.179. The first-order valence-corrected chi connectivity index (χ1v) is 18.6. The lowest BCUT2D eigenvalue weighted by atomic mass is 9.97. The molecule has 1 unspecified atom stereocenters. The third kappa shape index (κ3) is 6.55. The molecule has 4 heterocycles. The first-order chi connectivity index (χ1) is 24.4. The number of fused-ring (bicyclic) bond motifs is 2. The molecule has 3 aromatic carbocycles. The molecule has 258 valence electrons. The SMILES string of the molecule is CC(C)(C)OC(=O)N(CC(CN1C(=O)c2ccccc2C1=O)c1ccccc1)c1ccc(-c2ccnc3c2ccn3S(=O)(=O)c2ccccc2)s1. The van der Waals surface area contributed by atoms with Crippen molar-refractivity contribution in [1.82, 2.24) is 13.9 Å². The van der Waals surface area contributed by atoms with Crippen molar-refractivity contribution in [3.05, 3.63) is 138 Å². The average Bonchev–Trinajstić information content (AvgIpc) is 3.84. The molecular weight excluding hydrogens is 685 g/mol. The number of rotatable bonds is 9. The van der Waals surface area contributed by atoms with Crippen LogP contribution in [0, 0.1) is 0 Å². The van der Waals surface area contributed by atoms with Crippen molar-refractivity contribution in [3.8, 4) is 10.4 Å². The Morgan fingerprint density at radius 3 is 2.10 bits per heavy atom. The molecule has 0 N–H and O–H groups in total. The Bertz CT molecular complexity index is 2350. The predicted molar refractivity (Wildman–Crippen MR) is 197 cm³/mol. The summed E-state index contributed by atoms with van der Waals surface area (Å²) < 4.78 is 34.1. The summed E-state index contributed by atoms with van der Waals surface area (Å²) >= 11 is 1.34. The molecule has 0 fully saturated rings. The second-order valence-corrected chi connectivity index (χ2v) is 16.0. The lowest BCUT2D eigenvalue weighted by Gasteiger charge is -2.31. The third-order valence-corrected chi connectivity index (χ3v) is 11.4. The lowest BCUT2D eigenvalue weighted by molar-refractivity contribution is 0.0577. The van der Waals surface area contributed by atoms with Crippen molar-refractivity contribution in [3.63, 3.8) is 0 Å². The van der Waals surface area contributed by atoms with Gasteiger partial charge in [-0.25, -0.2) is 22.2 Å². The monoisotopic (exact) mass is 718 g/mol. The van der Waals surface area contributed by atoms with E-state index in [2.05, 4.69) is 4.98 Å². The van der Waals surface area contributed by atoms with Crippen LogP contribution in [-0.2, 0) is 14.8 Å². The molecule has 1 aliphatic rings. The normalized spacial score (nSPS) is 13.7. The number of imide groups is 1. The Labute approximate surface area is 299 Å². The van der Waals surface area contributed by atoms with Crippen LogP contribution in [0.4, 0.5) is 9.80 Å². The number of anilines is 1. The summed E-state index contributed by atoms with van der Waals surface area (Å²) in [5.74, 6) is -1.21. The maximum Gasteiger partial charge on any atom is 0.415 e. The highest BCUT2D eigenvalue weighted by Crippen LogP contribution is 2.39. The minimum absolute atomic E-state index is 0.0439. The third-order valence-electron chi connectivity index (χ3n) is 8.55. The Kier molecular flexibility index (Phi) is 8.82. The fourth-order valence-electron chi connectivity index (χ4n) is 6.16. The molecular formula is C39H34N4O6S2. The van der Waals surface area contributed by atoms with Gasteiger partial charge in [-0.1, -0.05) is 60.7 Å². The minimum Gasteiger partial charge on any atom is -0.443 e. The van der Waals surface area contributed by atoms with Crippen molar-refractivity contribution in [1.29, 1.82) is 0 Å². The Morgan fingerprint density at radius 2 is 1.45 bits per heavy atom. The van der Waals surface area contributed by atoms with Crippen molar-refractivity contribution in [2.24, 2.45) is 0 Å². The van der Waals surface area contributed by atoms with Gasteiger partial charge in [0.05, 0.1) is 16.0 Å². The second-order valence-electron chi connectivity index (χ2n) is 13.1. The maximum absolute atomic E-state index is 14.0. The average molecular weight is 719 g/mol. The maximum atomic E-state index is 14.0. The van der Waals surface area contributed by atoms with Gasteiger partial charge in [-0.2, -0.15) is 0 Å². The summed E-state index contributed by atoms with van der Waals surface area (Å²) in [4.78, 5) is 48.9. The van der Waals surface area contributed by atoms with Crippen molar-refractivity contribution >= 4 is 55.3 Å². The van der Waals surface area contributed by atoms with E-state index in [0.717, 1.165) is 16.0 Å². The molecule has 6 aromatic rings. The van der Waals surface area contributed by atoms with Crippen LogP contribution in [-0.4, -0.2) is 58.9 Å². The van der Waals surface area contributed by atoms with Gasteiger partial charge >= 0.3 is 6.09 Å². The molecule has 0 radical (unpaired) electrons. The number of aromatic nitrogens is 2. The standard InChI is InChI=1S/C39H34N4O6S2/c1-39(2,3)49-38(46)41(24-27(26-12-6-4-7-13-26)25-42-36(44)31-16-10-11-17-32(31)37(42)45)34-19-18-33(50-34)29-20-22-40-35-30(29)21-23-43(35)51(47,48)28-14-8-5-9-15-28/h4-23,27H,24-25H2,1-3H3. The summed E-state index contributed by atoms with van der Waals surface area (Å²) in [6.07, 6.45) is 2.47. The molecule has 51 heavy (non-hydrogen) atoms. The van der Waals surface area contributed by atoms with Crippen LogP contribution < -0.4 is 4.90 Å². The van der Waals surface area contributed by atoms with Crippen LogP contribution in [0.3, 0.4) is 0 Å². The number of hydrogen-bond acceptors (Lipinski definition) is 8. The zero-order chi connectivity index (χ0) is 35.9. The fourth-order valence-corrected chi connectivity index (χ4v) is 8.53. The van der Waals surface area contributed by atoms with E-state index in [0.29, 0.717) is 21.5 Å². The Morgan fingerprint density at radius 1 is 0.824 bits per heavy atom. The topological polar surface area (TPSA) is 119 Å². The van der Waals surface area contributed by atoms with Gasteiger partial charge in [0.1, 0.15) is 10.6 Å².